The summed E-state index contributed by atoms with van der Waals surface area (Å²) in [5, 5.41) is 1.36. The van der Waals surface area contributed by atoms with Crippen molar-refractivity contribution >= 4 is 34.6 Å². The molecule has 0 amide bonds. The second kappa shape index (κ2) is 20.0. The highest BCUT2D eigenvalue weighted by atomic mass is 35.5. The minimum Gasteiger partial charge on any atom is -0.497 e. The Hall–Kier alpha value is -5.04. The summed E-state index contributed by atoms with van der Waals surface area (Å²) in [5.74, 6) is 2.16. The van der Waals surface area contributed by atoms with Crippen LogP contribution in [0.1, 0.15) is 47.9 Å². The molecule has 0 saturated carbocycles. The number of halogens is 2. The topological polar surface area (TPSA) is 40.4 Å². The number of aliphatic imine (C=N–C) groups is 2. The van der Waals surface area contributed by atoms with Gasteiger partial charge in [-0.2, -0.15) is 0 Å². The number of piperidine rings is 6. The summed E-state index contributed by atoms with van der Waals surface area (Å²) >= 11 is 12.7. The van der Waals surface area contributed by atoms with Crippen molar-refractivity contribution in [2.75, 3.05) is 33.3 Å². The van der Waals surface area contributed by atoms with E-state index in [2.05, 4.69) is 137 Å². The van der Waals surface area contributed by atoms with E-state index in [-0.39, 0.29) is 0 Å². The minimum absolute atomic E-state index is 0.364. The predicted molar refractivity (Wildman–Crippen MR) is 259 cm³/mol. The standard InChI is InChI=1S/C28H30N2O.C27H26Cl2N2/c1-31-25-12-7-11-23(18-25)26-13-6-5-10-24(26)19-27-28(22-14-16-30(27)17-15-22)29-20-21-8-3-2-4-9-21;28-22-10-11-24(25(29)17-22)23-9-5-4-8-21(23)16-26-27(20-12-14-31(26)15-13-20)30-18-19-6-2-1-3-7-19/h2-13,18,22,27H,14-17,19-20H2,1H3;1-11,17,20,26H,12-16,18H2. The molecule has 0 spiro atoms. The molecule has 7 heteroatoms. The largest absolute Gasteiger partial charge is 0.497 e. The van der Waals surface area contributed by atoms with Crippen LogP contribution in [0.5, 0.6) is 5.75 Å². The van der Waals surface area contributed by atoms with Crippen LogP contribution in [0.2, 0.25) is 10.0 Å². The van der Waals surface area contributed by atoms with Crippen molar-refractivity contribution in [1.29, 1.82) is 0 Å². The van der Waals surface area contributed by atoms with Gasteiger partial charge in [-0.05, 0) is 128 Å². The van der Waals surface area contributed by atoms with Gasteiger partial charge >= 0.3 is 0 Å². The van der Waals surface area contributed by atoms with E-state index >= 15 is 0 Å². The first-order valence-corrected chi connectivity index (χ1v) is 23.2. The van der Waals surface area contributed by atoms with Crippen LogP contribution in [0.4, 0.5) is 0 Å². The van der Waals surface area contributed by atoms with E-state index < -0.39 is 0 Å². The molecule has 6 aliphatic heterocycles. The fourth-order valence-electron chi connectivity index (χ4n) is 10.3. The van der Waals surface area contributed by atoms with E-state index in [0.29, 0.717) is 34.0 Å². The lowest BCUT2D eigenvalue weighted by Crippen LogP contribution is -2.56. The molecule has 0 aliphatic carbocycles. The van der Waals surface area contributed by atoms with Crippen LogP contribution >= 0.6 is 23.2 Å². The average molecular weight is 860 g/mol. The number of hydrogen-bond donors (Lipinski definition) is 0. The Morgan fingerprint density at radius 2 is 1.02 bits per heavy atom. The molecule has 6 aromatic rings. The van der Waals surface area contributed by atoms with E-state index in [4.69, 9.17) is 37.9 Å². The molecule has 5 nitrogen and oxygen atoms in total. The number of nitrogens with zero attached hydrogens (tertiary/aromatic N) is 4. The number of methoxy groups -OCH3 is 1. The molecule has 6 aromatic carbocycles. The quantitative estimate of drug-likeness (QED) is 0.130. The molecule has 2 unspecified atom stereocenters. The molecule has 0 radical (unpaired) electrons. The number of fused-ring (bicyclic) bond motifs is 6. The summed E-state index contributed by atoms with van der Waals surface area (Å²) in [6.07, 6.45) is 6.93. The molecule has 2 atom stereocenters. The summed E-state index contributed by atoms with van der Waals surface area (Å²) in [6, 6.07) is 53.6. The van der Waals surface area contributed by atoms with E-state index in [1.54, 1.807) is 7.11 Å². The maximum Gasteiger partial charge on any atom is 0.119 e. The number of hydrogen-bond acceptors (Lipinski definition) is 5. The second-order valence-electron chi connectivity index (χ2n) is 17.2. The zero-order chi connectivity index (χ0) is 42.3. The number of ether oxygens (including phenoxy) is 1. The Labute approximate surface area is 378 Å². The van der Waals surface area contributed by atoms with E-state index in [9.17, 15) is 0 Å². The first-order valence-electron chi connectivity index (χ1n) is 22.4. The summed E-state index contributed by atoms with van der Waals surface area (Å²) in [7, 11) is 1.73. The maximum absolute atomic E-state index is 6.57. The zero-order valence-electron chi connectivity index (χ0n) is 35.7. The van der Waals surface area contributed by atoms with E-state index in [1.807, 2.05) is 24.3 Å². The number of benzene rings is 6. The number of rotatable bonds is 11. The average Bonchev–Trinajstić information content (AvgIpc) is 3.33. The normalized spacial score (nSPS) is 23.9. The van der Waals surface area contributed by atoms with Crippen molar-refractivity contribution in [3.8, 4) is 28.0 Å². The van der Waals surface area contributed by atoms with Crippen LogP contribution in [-0.4, -0.2) is 66.6 Å². The summed E-state index contributed by atoms with van der Waals surface area (Å²) in [5.41, 5.74) is 12.8. The van der Waals surface area contributed by atoms with Gasteiger partial charge in [0.05, 0.1) is 32.3 Å². The Balaban J connectivity index is 0.000000158. The third kappa shape index (κ3) is 9.77. The van der Waals surface area contributed by atoms with Crippen LogP contribution in [0.3, 0.4) is 0 Å². The third-order valence-corrected chi connectivity index (χ3v) is 14.0. The SMILES string of the molecule is COc1cccc(-c2ccccc2CC2C(=NCc3ccccc3)C3CCN2CC3)c1.Clc1ccc(-c2ccccc2CC2C(=NCc3ccccc3)C3CCN2CC3)c(Cl)c1. The van der Waals surface area contributed by atoms with Crippen LogP contribution in [-0.2, 0) is 25.9 Å². The van der Waals surface area contributed by atoms with Gasteiger partial charge in [0.25, 0.3) is 0 Å². The van der Waals surface area contributed by atoms with Crippen molar-refractivity contribution in [2.24, 2.45) is 21.8 Å². The molecule has 12 rings (SSSR count). The zero-order valence-corrected chi connectivity index (χ0v) is 37.2. The molecule has 4 bridgehead atoms. The Morgan fingerprint density at radius 3 is 1.55 bits per heavy atom. The molecule has 0 N–H and O–H groups in total. The van der Waals surface area contributed by atoms with Crippen molar-refractivity contribution in [3.63, 3.8) is 0 Å². The molecule has 316 valence electrons. The van der Waals surface area contributed by atoms with Gasteiger partial charge in [-0.25, -0.2) is 0 Å². The lowest BCUT2D eigenvalue weighted by atomic mass is 9.78. The molecule has 6 saturated heterocycles. The van der Waals surface area contributed by atoms with Gasteiger partial charge in [-0.3, -0.25) is 19.8 Å². The van der Waals surface area contributed by atoms with Gasteiger partial charge in [0.2, 0.25) is 0 Å². The smallest absolute Gasteiger partial charge is 0.119 e. The van der Waals surface area contributed by atoms with Crippen molar-refractivity contribution in [3.05, 3.63) is 184 Å². The van der Waals surface area contributed by atoms with Gasteiger partial charge in [-0.15, -0.1) is 0 Å². The monoisotopic (exact) mass is 858 g/mol. The van der Waals surface area contributed by atoms with Crippen molar-refractivity contribution in [1.82, 2.24) is 9.80 Å². The Kier molecular flexibility index (Phi) is 13.6. The van der Waals surface area contributed by atoms with Crippen molar-refractivity contribution < 1.29 is 4.74 Å². The Bertz CT molecular complexity index is 2490. The Morgan fingerprint density at radius 1 is 0.516 bits per heavy atom. The van der Waals surface area contributed by atoms with Crippen LogP contribution in [0.25, 0.3) is 22.3 Å². The molecular formula is C55H56Cl2N4O. The maximum atomic E-state index is 6.57. The molecule has 6 aliphatic rings. The molecular weight excluding hydrogens is 804 g/mol. The van der Waals surface area contributed by atoms with Gasteiger partial charge < -0.3 is 4.74 Å². The lowest BCUT2D eigenvalue weighted by molar-refractivity contribution is 0.145. The van der Waals surface area contributed by atoms with Crippen LogP contribution in [0, 0.1) is 11.8 Å². The third-order valence-electron chi connectivity index (χ3n) is 13.5. The predicted octanol–water partition coefficient (Wildman–Crippen LogP) is 12.6. The van der Waals surface area contributed by atoms with Crippen molar-refractivity contribution in [2.45, 2.75) is 63.7 Å². The molecule has 0 aromatic heterocycles. The highest BCUT2D eigenvalue weighted by Gasteiger charge is 2.40. The summed E-state index contributed by atoms with van der Waals surface area (Å²) < 4.78 is 5.47. The minimum atomic E-state index is 0.364. The molecule has 62 heavy (non-hydrogen) atoms. The second-order valence-corrected chi connectivity index (χ2v) is 18.0. The van der Waals surface area contributed by atoms with Gasteiger partial charge in [0, 0.05) is 38.9 Å². The van der Waals surface area contributed by atoms with Crippen LogP contribution < -0.4 is 4.74 Å². The van der Waals surface area contributed by atoms with Gasteiger partial charge in [0.1, 0.15) is 5.75 Å². The first kappa shape index (κ1) is 42.3. The summed E-state index contributed by atoms with van der Waals surface area (Å²) in [4.78, 5) is 15.7. The molecule has 6 heterocycles. The summed E-state index contributed by atoms with van der Waals surface area (Å²) in [6.45, 7) is 6.28. The fourth-order valence-corrected chi connectivity index (χ4v) is 10.8. The lowest BCUT2D eigenvalue weighted by Gasteiger charge is -2.47. The van der Waals surface area contributed by atoms with Crippen LogP contribution in [0.15, 0.2) is 162 Å². The highest BCUT2D eigenvalue weighted by Crippen LogP contribution is 2.38. The first-order chi connectivity index (χ1) is 30.5. The van der Waals surface area contributed by atoms with E-state index in [0.717, 1.165) is 37.2 Å². The van der Waals surface area contributed by atoms with Gasteiger partial charge in [0.15, 0.2) is 0 Å². The fraction of sp³-hybridized carbons (Fsp3) is 0.309. The molecule has 6 fully saturated rings. The van der Waals surface area contributed by atoms with E-state index in [1.165, 1.54) is 102 Å². The highest BCUT2D eigenvalue weighted by molar-refractivity contribution is 6.36. The van der Waals surface area contributed by atoms with Gasteiger partial charge in [-0.1, -0.05) is 151 Å².